The summed E-state index contributed by atoms with van der Waals surface area (Å²) in [6.07, 6.45) is 0. The van der Waals surface area contributed by atoms with Crippen LogP contribution in [0.2, 0.25) is 0 Å². The molecular weight excluding hydrogens is 219 g/mol. The first kappa shape index (κ1) is 12.2. The summed E-state index contributed by atoms with van der Waals surface area (Å²) in [5.74, 6) is -0.344. The Labute approximate surface area is 101 Å². The molecule has 1 saturated heterocycles. The van der Waals surface area contributed by atoms with Crippen LogP contribution < -0.4 is 5.32 Å². The molecule has 0 amide bonds. The molecule has 2 rings (SSSR count). The van der Waals surface area contributed by atoms with Crippen LogP contribution in [0.3, 0.4) is 0 Å². The molecule has 1 fully saturated rings. The minimum atomic E-state index is -0.339. The molecule has 0 aliphatic carbocycles. The average Bonchev–Trinajstić information content (AvgIpc) is 2.29. The van der Waals surface area contributed by atoms with E-state index in [1.165, 1.54) is 12.1 Å². The SMILES string of the molecule is Cc1cc(F)cc(C(=O)CN2CCNCC2)c1. The molecule has 0 atom stereocenters. The van der Waals surface area contributed by atoms with Crippen LogP contribution in [-0.2, 0) is 0 Å². The maximum Gasteiger partial charge on any atom is 0.176 e. The third kappa shape index (κ3) is 3.35. The first-order valence-electron chi connectivity index (χ1n) is 5.88. The monoisotopic (exact) mass is 236 g/mol. The predicted octanol–water partition coefficient (Wildman–Crippen LogP) is 1.22. The molecule has 0 bridgehead atoms. The lowest BCUT2D eigenvalue weighted by Crippen LogP contribution is -2.45. The van der Waals surface area contributed by atoms with Gasteiger partial charge < -0.3 is 5.32 Å². The molecule has 1 aliphatic rings. The van der Waals surface area contributed by atoms with E-state index in [2.05, 4.69) is 10.2 Å². The van der Waals surface area contributed by atoms with Crippen molar-refractivity contribution in [3.8, 4) is 0 Å². The number of halogens is 1. The van der Waals surface area contributed by atoms with Crippen LogP contribution in [0.25, 0.3) is 0 Å². The fraction of sp³-hybridized carbons (Fsp3) is 0.462. The fourth-order valence-corrected chi connectivity index (χ4v) is 2.06. The number of piperazine rings is 1. The standard InChI is InChI=1S/C13H17FN2O/c1-10-6-11(8-12(14)7-10)13(17)9-16-4-2-15-3-5-16/h6-8,15H,2-5,9H2,1H3. The fourth-order valence-electron chi connectivity index (χ4n) is 2.06. The van der Waals surface area contributed by atoms with Gasteiger partial charge in [0.1, 0.15) is 5.82 Å². The maximum absolute atomic E-state index is 13.2. The van der Waals surface area contributed by atoms with Crippen molar-refractivity contribution in [2.24, 2.45) is 0 Å². The van der Waals surface area contributed by atoms with Crippen LogP contribution >= 0.6 is 0 Å². The second-order valence-corrected chi connectivity index (χ2v) is 4.47. The lowest BCUT2D eigenvalue weighted by Gasteiger charge is -2.26. The molecule has 1 aromatic carbocycles. The number of aryl methyl sites for hydroxylation is 1. The Morgan fingerprint density at radius 3 is 2.71 bits per heavy atom. The highest BCUT2D eigenvalue weighted by Crippen LogP contribution is 2.10. The van der Waals surface area contributed by atoms with E-state index in [0.717, 1.165) is 31.7 Å². The number of hydrogen-bond acceptors (Lipinski definition) is 3. The minimum absolute atomic E-state index is 0.00509. The number of carbonyl (C=O) groups excluding carboxylic acids is 1. The topological polar surface area (TPSA) is 32.3 Å². The number of ketones is 1. The number of Topliss-reactive ketones (excluding diaryl/α,β-unsaturated/α-hetero) is 1. The van der Waals surface area contributed by atoms with Crippen molar-refractivity contribution >= 4 is 5.78 Å². The molecule has 3 nitrogen and oxygen atoms in total. The van der Waals surface area contributed by atoms with Crippen molar-refractivity contribution in [2.75, 3.05) is 32.7 Å². The Kier molecular flexibility index (Phi) is 3.86. The van der Waals surface area contributed by atoms with Gasteiger partial charge in [-0.25, -0.2) is 4.39 Å². The van der Waals surface area contributed by atoms with Gasteiger partial charge in [-0.1, -0.05) is 0 Å². The zero-order chi connectivity index (χ0) is 12.3. The average molecular weight is 236 g/mol. The number of rotatable bonds is 3. The normalized spacial score (nSPS) is 17.1. The summed E-state index contributed by atoms with van der Waals surface area (Å²) in [5, 5.41) is 3.23. The highest BCUT2D eigenvalue weighted by atomic mass is 19.1. The number of nitrogens with one attached hydrogen (secondary N) is 1. The molecule has 0 radical (unpaired) electrons. The number of hydrogen-bond donors (Lipinski definition) is 1. The molecule has 4 heteroatoms. The van der Waals surface area contributed by atoms with Gasteiger partial charge in [0, 0.05) is 31.7 Å². The molecular formula is C13H17FN2O. The van der Waals surface area contributed by atoms with Gasteiger partial charge in [-0.2, -0.15) is 0 Å². The van der Waals surface area contributed by atoms with E-state index in [1.54, 1.807) is 13.0 Å². The minimum Gasteiger partial charge on any atom is -0.314 e. The predicted molar refractivity (Wildman–Crippen MR) is 64.8 cm³/mol. The summed E-state index contributed by atoms with van der Waals surface area (Å²) in [6, 6.07) is 4.49. The van der Waals surface area contributed by atoms with Crippen molar-refractivity contribution in [1.29, 1.82) is 0 Å². The second kappa shape index (κ2) is 5.38. The smallest absolute Gasteiger partial charge is 0.176 e. The largest absolute Gasteiger partial charge is 0.314 e. The van der Waals surface area contributed by atoms with Crippen molar-refractivity contribution in [1.82, 2.24) is 10.2 Å². The molecule has 92 valence electrons. The zero-order valence-corrected chi connectivity index (χ0v) is 10.0. The molecule has 0 saturated carbocycles. The van der Waals surface area contributed by atoms with Crippen LogP contribution in [0, 0.1) is 12.7 Å². The van der Waals surface area contributed by atoms with Gasteiger partial charge in [-0.05, 0) is 30.7 Å². The van der Waals surface area contributed by atoms with Crippen LogP contribution in [-0.4, -0.2) is 43.4 Å². The van der Waals surface area contributed by atoms with Crippen LogP contribution in [0.15, 0.2) is 18.2 Å². The van der Waals surface area contributed by atoms with Crippen molar-refractivity contribution in [3.05, 3.63) is 35.1 Å². The molecule has 0 spiro atoms. The van der Waals surface area contributed by atoms with E-state index < -0.39 is 0 Å². The molecule has 1 N–H and O–H groups in total. The summed E-state index contributed by atoms with van der Waals surface area (Å²) in [4.78, 5) is 14.1. The third-order valence-corrected chi connectivity index (χ3v) is 2.94. The van der Waals surface area contributed by atoms with Crippen LogP contribution in [0.4, 0.5) is 4.39 Å². The Bertz CT molecular complexity index is 394. The van der Waals surface area contributed by atoms with Gasteiger partial charge in [-0.15, -0.1) is 0 Å². The number of carbonyl (C=O) groups is 1. The first-order valence-corrected chi connectivity index (χ1v) is 5.88. The summed E-state index contributed by atoms with van der Waals surface area (Å²) >= 11 is 0. The van der Waals surface area contributed by atoms with Gasteiger partial charge >= 0.3 is 0 Å². The Morgan fingerprint density at radius 2 is 2.06 bits per heavy atom. The van der Waals surface area contributed by atoms with Gasteiger partial charge in [0.25, 0.3) is 0 Å². The van der Waals surface area contributed by atoms with E-state index >= 15 is 0 Å². The number of benzene rings is 1. The summed E-state index contributed by atoms with van der Waals surface area (Å²) in [7, 11) is 0. The highest BCUT2D eigenvalue weighted by molar-refractivity contribution is 5.97. The van der Waals surface area contributed by atoms with Crippen LogP contribution in [0.5, 0.6) is 0 Å². The Hall–Kier alpha value is -1.26. The van der Waals surface area contributed by atoms with E-state index in [4.69, 9.17) is 0 Å². The van der Waals surface area contributed by atoms with Gasteiger partial charge in [0.05, 0.1) is 6.54 Å². The maximum atomic E-state index is 13.2. The summed E-state index contributed by atoms with van der Waals surface area (Å²) in [6.45, 7) is 5.75. The summed E-state index contributed by atoms with van der Waals surface area (Å²) in [5.41, 5.74) is 1.26. The molecule has 0 unspecified atom stereocenters. The second-order valence-electron chi connectivity index (χ2n) is 4.47. The molecule has 1 aliphatic heterocycles. The Balaban J connectivity index is 2.03. The molecule has 1 aromatic rings. The zero-order valence-electron chi connectivity index (χ0n) is 10.0. The molecule has 1 heterocycles. The van der Waals surface area contributed by atoms with Gasteiger partial charge in [-0.3, -0.25) is 9.69 Å². The molecule has 17 heavy (non-hydrogen) atoms. The molecule has 0 aromatic heterocycles. The van der Waals surface area contributed by atoms with Crippen molar-refractivity contribution in [2.45, 2.75) is 6.92 Å². The lowest BCUT2D eigenvalue weighted by atomic mass is 10.1. The van der Waals surface area contributed by atoms with Crippen LogP contribution in [0.1, 0.15) is 15.9 Å². The van der Waals surface area contributed by atoms with Crippen molar-refractivity contribution < 1.29 is 9.18 Å². The summed E-state index contributed by atoms with van der Waals surface area (Å²) < 4.78 is 13.2. The Morgan fingerprint density at radius 1 is 1.35 bits per heavy atom. The van der Waals surface area contributed by atoms with E-state index in [0.29, 0.717) is 12.1 Å². The van der Waals surface area contributed by atoms with Gasteiger partial charge in [0.15, 0.2) is 5.78 Å². The highest BCUT2D eigenvalue weighted by Gasteiger charge is 2.15. The quantitative estimate of drug-likeness (QED) is 0.801. The number of nitrogens with zero attached hydrogens (tertiary/aromatic N) is 1. The van der Waals surface area contributed by atoms with Crippen molar-refractivity contribution in [3.63, 3.8) is 0 Å². The third-order valence-electron chi connectivity index (χ3n) is 2.94. The lowest BCUT2D eigenvalue weighted by molar-refractivity contribution is 0.0921. The van der Waals surface area contributed by atoms with Gasteiger partial charge in [0.2, 0.25) is 0 Å². The first-order chi connectivity index (χ1) is 8.15. The van der Waals surface area contributed by atoms with E-state index in [-0.39, 0.29) is 11.6 Å². The van der Waals surface area contributed by atoms with E-state index in [1.807, 2.05) is 0 Å². The van der Waals surface area contributed by atoms with E-state index in [9.17, 15) is 9.18 Å².